The van der Waals surface area contributed by atoms with Gasteiger partial charge in [-0.1, -0.05) is 0 Å². The maximum absolute atomic E-state index is 13.1. The lowest BCUT2D eigenvalue weighted by Crippen LogP contribution is -2.23. The Morgan fingerprint density at radius 3 is 2.54 bits per heavy atom. The quantitative estimate of drug-likeness (QED) is 0.423. The Kier molecular flexibility index (Phi) is 6.77. The van der Waals surface area contributed by atoms with E-state index in [0.29, 0.717) is 39.8 Å². The van der Waals surface area contributed by atoms with E-state index in [1.807, 2.05) is 13.0 Å². The minimum absolute atomic E-state index is 0.100. The second kappa shape index (κ2) is 9.77. The summed E-state index contributed by atoms with van der Waals surface area (Å²) in [7, 11) is 3.03. The summed E-state index contributed by atoms with van der Waals surface area (Å²) in [6, 6.07) is 6.76. The Hall–Kier alpha value is -3.89. The lowest BCUT2D eigenvalue weighted by Gasteiger charge is -2.15. The molecule has 3 aromatic heterocycles. The summed E-state index contributed by atoms with van der Waals surface area (Å²) in [6.45, 7) is 1.99. The fraction of sp³-hybridized carbons (Fsp3) is 0.333. The van der Waals surface area contributed by atoms with Gasteiger partial charge >= 0.3 is 6.18 Å². The highest BCUT2D eigenvalue weighted by atomic mass is 19.4. The number of ether oxygens (including phenoxy) is 3. The smallest absolute Gasteiger partial charge is 0.389 e. The maximum atomic E-state index is 13.1. The molecule has 0 unspecified atom stereocenters. The van der Waals surface area contributed by atoms with Gasteiger partial charge < -0.3 is 19.1 Å². The van der Waals surface area contributed by atoms with Crippen molar-refractivity contribution >= 4 is 11.6 Å². The van der Waals surface area contributed by atoms with Crippen molar-refractivity contribution < 1.29 is 32.2 Å². The molecule has 8 nitrogen and oxygen atoms in total. The number of aromatic nitrogens is 3. The van der Waals surface area contributed by atoms with E-state index in [9.17, 15) is 18.0 Å². The molecule has 0 saturated carbocycles. The van der Waals surface area contributed by atoms with E-state index in [0.717, 1.165) is 5.56 Å². The van der Waals surface area contributed by atoms with E-state index in [1.165, 1.54) is 26.5 Å². The van der Waals surface area contributed by atoms with E-state index < -0.39 is 12.6 Å². The monoisotopic (exact) mass is 488 g/mol. The molecule has 0 fully saturated rings. The van der Waals surface area contributed by atoms with Gasteiger partial charge in [-0.15, -0.1) is 0 Å². The van der Waals surface area contributed by atoms with Crippen LogP contribution in [-0.4, -0.2) is 47.9 Å². The van der Waals surface area contributed by atoms with Gasteiger partial charge in [0, 0.05) is 24.2 Å². The molecular formula is C24H23F3N4O4. The van der Waals surface area contributed by atoms with E-state index in [-0.39, 0.29) is 31.4 Å². The van der Waals surface area contributed by atoms with E-state index in [1.54, 1.807) is 23.2 Å². The number of pyridine rings is 3. The summed E-state index contributed by atoms with van der Waals surface area (Å²) in [4.78, 5) is 27.7. The van der Waals surface area contributed by atoms with Gasteiger partial charge in [-0.05, 0) is 37.1 Å². The fourth-order valence-corrected chi connectivity index (χ4v) is 3.80. The summed E-state index contributed by atoms with van der Waals surface area (Å²) >= 11 is 0. The number of alkyl halides is 3. The molecule has 0 atom stereocenters. The molecule has 0 spiro atoms. The third-order valence-electron chi connectivity index (χ3n) is 5.47. The second-order valence-corrected chi connectivity index (χ2v) is 7.89. The normalized spacial score (nSPS) is 13.1. The third-order valence-corrected chi connectivity index (χ3v) is 5.47. The van der Waals surface area contributed by atoms with Crippen LogP contribution in [-0.2, 0) is 6.54 Å². The molecule has 1 aliphatic rings. The van der Waals surface area contributed by atoms with Crippen molar-refractivity contribution in [3.8, 4) is 28.8 Å². The predicted molar refractivity (Wildman–Crippen MR) is 121 cm³/mol. The van der Waals surface area contributed by atoms with Crippen molar-refractivity contribution in [1.29, 1.82) is 0 Å². The first-order valence-electron chi connectivity index (χ1n) is 10.8. The van der Waals surface area contributed by atoms with Crippen molar-refractivity contribution in [3.05, 3.63) is 53.5 Å². The highest BCUT2D eigenvalue weighted by Crippen LogP contribution is 2.34. The number of amides is 1. The molecule has 11 heteroatoms. The number of carbonyl (C=O) groups excluding carboxylic acids is 1. The standard InChI is InChI=1S/C24H23F3N4O4/c1-14-9-17(15-10-19(33-2)22(34-3)29-11-15)30-18-13-31(23(32)21(14)18)16-5-6-20(28-12-16)35-8-4-7-24(25,26)27/h5-6,9-12H,4,7-8,13H2,1-3H3. The van der Waals surface area contributed by atoms with Crippen LogP contribution in [0, 0.1) is 6.92 Å². The zero-order chi connectivity index (χ0) is 25.2. The molecule has 4 heterocycles. The molecule has 0 aromatic carbocycles. The van der Waals surface area contributed by atoms with Crippen LogP contribution in [0.5, 0.6) is 17.5 Å². The van der Waals surface area contributed by atoms with Crippen molar-refractivity contribution in [3.63, 3.8) is 0 Å². The van der Waals surface area contributed by atoms with Gasteiger partial charge in [0.05, 0.1) is 56.2 Å². The SMILES string of the molecule is COc1cc(-c2cc(C)c3c(n2)CN(c2ccc(OCCCC(F)(F)F)nc2)C3=O)cnc1OC. The minimum Gasteiger partial charge on any atom is -0.491 e. The molecule has 0 bridgehead atoms. The average molecular weight is 488 g/mol. The number of hydrogen-bond acceptors (Lipinski definition) is 7. The van der Waals surface area contributed by atoms with E-state index in [4.69, 9.17) is 19.2 Å². The second-order valence-electron chi connectivity index (χ2n) is 7.89. The number of anilines is 1. The summed E-state index contributed by atoms with van der Waals surface area (Å²) < 4.78 is 52.5. The van der Waals surface area contributed by atoms with Crippen molar-refractivity contribution in [2.75, 3.05) is 25.7 Å². The van der Waals surface area contributed by atoms with E-state index >= 15 is 0 Å². The molecule has 0 radical (unpaired) electrons. The minimum atomic E-state index is -4.21. The third kappa shape index (κ3) is 5.28. The zero-order valence-corrected chi connectivity index (χ0v) is 19.3. The Morgan fingerprint density at radius 1 is 1.09 bits per heavy atom. The Labute approximate surface area is 199 Å². The molecular weight excluding hydrogens is 465 g/mol. The maximum Gasteiger partial charge on any atom is 0.389 e. The number of carbonyl (C=O) groups is 1. The van der Waals surface area contributed by atoms with Crippen LogP contribution in [0.25, 0.3) is 11.3 Å². The van der Waals surface area contributed by atoms with Crippen LogP contribution in [0.15, 0.2) is 36.7 Å². The highest BCUT2D eigenvalue weighted by molar-refractivity contribution is 6.10. The van der Waals surface area contributed by atoms with Crippen LogP contribution in [0.4, 0.5) is 18.9 Å². The van der Waals surface area contributed by atoms with Gasteiger partial charge in [-0.3, -0.25) is 9.78 Å². The van der Waals surface area contributed by atoms with Crippen LogP contribution in [0.1, 0.15) is 34.5 Å². The first kappa shape index (κ1) is 24.2. The largest absolute Gasteiger partial charge is 0.491 e. The topological polar surface area (TPSA) is 86.7 Å². The number of nitrogens with zero attached hydrogens (tertiary/aromatic N) is 4. The fourth-order valence-electron chi connectivity index (χ4n) is 3.80. The first-order valence-corrected chi connectivity index (χ1v) is 10.8. The van der Waals surface area contributed by atoms with Crippen LogP contribution >= 0.6 is 0 Å². The lowest BCUT2D eigenvalue weighted by molar-refractivity contribution is -0.136. The Bertz CT molecular complexity index is 1230. The molecule has 0 N–H and O–H groups in total. The summed E-state index contributed by atoms with van der Waals surface area (Å²) in [6.07, 6.45) is -2.21. The molecule has 1 aliphatic heterocycles. The van der Waals surface area contributed by atoms with Crippen molar-refractivity contribution in [2.45, 2.75) is 32.5 Å². The van der Waals surface area contributed by atoms with Crippen LogP contribution in [0.3, 0.4) is 0 Å². The number of rotatable bonds is 8. The predicted octanol–water partition coefficient (Wildman–Crippen LogP) is 4.75. The number of methoxy groups -OCH3 is 2. The van der Waals surface area contributed by atoms with Gasteiger partial charge in [0.2, 0.25) is 5.88 Å². The lowest BCUT2D eigenvalue weighted by atomic mass is 10.1. The van der Waals surface area contributed by atoms with Gasteiger partial charge in [-0.25, -0.2) is 9.97 Å². The average Bonchev–Trinajstić information content (AvgIpc) is 3.17. The Morgan fingerprint density at radius 2 is 1.89 bits per heavy atom. The van der Waals surface area contributed by atoms with Gasteiger partial charge in [0.15, 0.2) is 5.75 Å². The van der Waals surface area contributed by atoms with E-state index in [2.05, 4.69) is 9.97 Å². The molecule has 4 rings (SSSR count). The van der Waals surface area contributed by atoms with Crippen molar-refractivity contribution in [2.24, 2.45) is 0 Å². The van der Waals surface area contributed by atoms with Crippen molar-refractivity contribution in [1.82, 2.24) is 15.0 Å². The zero-order valence-electron chi connectivity index (χ0n) is 19.3. The number of aryl methyl sites for hydroxylation is 1. The summed E-state index contributed by atoms with van der Waals surface area (Å²) in [5, 5.41) is 0. The number of halogens is 3. The molecule has 0 aliphatic carbocycles. The first-order chi connectivity index (χ1) is 16.7. The summed E-state index contributed by atoms with van der Waals surface area (Å²) in [5.74, 6) is 0.811. The van der Waals surface area contributed by atoms with Gasteiger partial charge in [0.1, 0.15) is 0 Å². The van der Waals surface area contributed by atoms with Crippen LogP contribution in [0.2, 0.25) is 0 Å². The molecule has 184 valence electrons. The number of fused-ring (bicyclic) bond motifs is 1. The van der Waals surface area contributed by atoms with Gasteiger partial charge in [0.25, 0.3) is 11.8 Å². The van der Waals surface area contributed by atoms with Gasteiger partial charge in [-0.2, -0.15) is 13.2 Å². The molecule has 35 heavy (non-hydrogen) atoms. The molecule has 0 saturated heterocycles. The highest BCUT2D eigenvalue weighted by Gasteiger charge is 2.32. The summed E-state index contributed by atoms with van der Waals surface area (Å²) in [5.41, 5.74) is 3.80. The number of hydrogen-bond donors (Lipinski definition) is 0. The molecule has 1 amide bonds. The Balaban J connectivity index is 1.50. The molecule has 3 aromatic rings. The van der Waals surface area contributed by atoms with Crippen LogP contribution < -0.4 is 19.1 Å².